The molecule has 7 heteroatoms. The second-order valence-corrected chi connectivity index (χ2v) is 4.46. The molecule has 0 atom stereocenters. The number of hydrogen-bond acceptors (Lipinski definition) is 2. The number of nitrogen functional groups attached to an aromatic ring is 1. The van der Waals surface area contributed by atoms with Gasteiger partial charge < -0.3 is 11.1 Å². The molecule has 0 spiro atoms. The second-order valence-electron chi connectivity index (χ2n) is 4.06. The molecule has 0 saturated carbocycles. The van der Waals surface area contributed by atoms with Crippen molar-refractivity contribution in [1.82, 2.24) is 0 Å². The van der Waals surface area contributed by atoms with Gasteiger partial charge in [0, 0.05) is 11.4 Å². The van der Waals surface area contributed by atoms with Crippen molar-refractivity contribution >= 4 is 28.7 Å². The Balaban J connectivity index is 2.35. The SMILES string of the molecule is Nc1ccc(Nc2ccc(F)c(C(F)(F)F)c2)c(Cl)c1. The molecular formula is C13H9ClF4N2. The van der Waals surface area contributed by atoms with Crippen molar-refractivity contribution < 1.29 is 17.6 Å². The highest BCUT2D eigenvalue weighted by Gasteiger charge is 2.34. The smallest absolute Gasteiger partial charge is 0.399 e. The third kappa shape index (κ3) is 3.14. The summed E-state index contributed by atoms with van der Waals surface area (Å²) in [6.45, 7) is 0. The van der Waals surface area contributed by atoms with Gasteiger partial charge in [-0.25, -0.2) is 4.39 Å². The number of alkyl halides is 3. The van der Waals surface area contributed by atoms with Crippen LogP contribution in [0, 0.1) is 5.82 Å². The van der Waals surface area contributed by atoms with Gasteiger partial charge in [-0.3, -0.25) is 0 Å². The van der Waals surface area contributed by atoms with Crippen molar-refractivity contribution in [2.45, 2.75) is 6.18 Å². The van der Waals surface area contributed by atoms with E-state index in [1.54, 1.807) is 6.07 Å². The average Bonchev–Trinajstić information content (AvgIpc) is 2.33. The highest BCUT2D eigenvalue weighted by molar-refractivity contribution is 6.33. The Bertz CT molecular complexity index is 641. The van der Waals surface area contributed by atoms with E-state index in [-0.39, 0.29) is 10.7 Å². The molecule has 0 bridgehead atoms. The first-order valence-corrected chi connectivity index (χ1v) is 5.84. The van der Waals surface area contributed by atoms with Crippen molar-refractivity contribution in [1.29, 1.82) is 0 Å². The predicted octanol–water partition coefficient (Wildman–Crippen LogP) is 4.82. The lowest BCUT2D eigenvalue weighted by molar-refractivity contribution is -0.139. The zero-order chi connectivity index (χ0) is 14.9. The van der Waals surface area contributed by atoms with E-state index < -0.39 is 17.6 Å². The van der Waals surface area contributed by atoms with Crippen LogP contribution in [0.2, 0.25) is 5.02 Å². The Morgan fingerprint density at radius 2 is 1.75 bits per heavy atom. The minimum Gasteiger partial charge on any atom is -0.399 e. The van der Waals surface area contributed by atoms with Crippen LogP contribution in [0.4, 0.5) is 34.6 Å². The topological polar surface area (TPSA) is 38.0 Å². The van der Waals surface area contributed by atoms with Gasteiger partial charge in [-0.2, -0.15) is 13.2 Å². The van der Waals surface area contributed by atoms with E-state index in [2.05, 4.69) is 5.32 Å². The van der Waals surface area contributed by atoms with Crippen LogP contribution in [0.15, 0.2) is 36.4 Å². The van der Waals surface area contributed by atoms with Crippen LogP contribution in [0.3, 0.4) is 0 Å². The highest BCUT2D eigenvalue weighted by Crippen LogP contribution is 2.34. The van der Waals surface area contributed by atoms with Crippen molar-refractivity contribution in [3.63, 3.8) is 0 Å². The van der Waals surface area contributed by atoms with Crippen molar-refractivity contribution in [3.8, 4) is 0 Å². The van der Waals surface area contributed by atoms with E-state index >= 15 is 0 Å². The molecule has 0 aliphatic rings. The summed E-state index contributed by atoms with van der Waals surface area (Å²) in [5.74, 6) is -1.33. The maximum absolute atomic E-state index is 13.1. The average molecular weight is 305 g/mol. The number of halogens is 5. The van der Waals surface area contributed by atoms with Gasteiger partial charge in [-0.1, -0.05) is 11.6 Å². The van der Waals surface area contributed by atoms with Gasteiger partial charge in [0.2, 0.25) is 0 Å². The van der Waals surface area contributed by atoms with Crippen LogP contribution in [0.25, 0.3) is 0 Å². The van der Waals surface area contributed by atoms with Crippen molar-refractivity contribution in [2.75, 3.05) is 11.1 Å². The largest absolute Gasteiger partial charge is 0.419 e. The first-order chi connectivity index (χ1) is 9.27. The highest BCUT2D eigenvalue weighted by atomic mass is 35.5. The summed E-state index contributed by atoms with van der Waals surface area (Å²) in [6.07, 6.45) is -4.76. The minimum atomic E-state index is -4.76. The van der Waals surface area contributed by atoms with E-state index in [1.807, 2.05) is 0 Å². The van der Waals surface area contributed by atoms with Gasteiger partial charge in [0.25, 0.3) is 0 Å². The number of hydrogen-bond donors (Lipinski definition) is 2. The second kappa shape index (κ2) is 5.20. The number of anilines is 3. The Labute approximate surface area is 117 Å². The van der Waals surface area contributed by atoms with Crippen LogP contribution < -0.4 is 11.1 Å². The minimum absolute atomic E-state index is 0.0744. The zero-order valence-electron chi connectivity index (χ0n) is 9.93. The lowest BCUT2D eigenvalue weighted by atomic mass is 10.1. The monoisotopic (exact) mass is 304 g/mol. The first-order valence-electron chi connectivity index (χ1n) is 5.46. The molecule has 0 radical (unpaired) electrons. The van der Waals surface area contributed by atoms with E-state index in [0.717, 1.165) is 6.07 Å². The third-order valence-electron chi connectivity index (χ3n) is 2.54. The summed E-state index contributed by atoms with van der Waals surface area (Å²) in [4.78, 5) is 0. The molecule has 2 nitrogen and oxygen atoms in total. The number of nitrogens with two attached hydrogens (primary N) is 1. The summed E-state index contributed by atoms with van der Waals surface area (Å²) >= 11 is 5.90. The summed E-state index contributed by atoms with van der Waals surface area (Å²) in [5, 5.41) is 2.94. The molecule has 0 amide bonds. The fraction of sp³-hybridized carbons (Fsp3) is 0.0769. The Kier molecular flexibility index (Phi) is 3.76. The van der Waals surface area contributed by atoms with Crippen LogP contribution in [-0.2, 0) is 6.18 Å². The van der Waals surface area contributed by atoms with E-state index in [1.165, 1.54) is 18.2 Å². The molecule has 2 aromatic rings. The van der Waals surface area contributed by atoms with Crippen LogP contribution in [-0.4, -0.2) is 0 Å². The third-order valence-corrected chi connectivity index (χ3v) is 2.86. The van der Waals surface area contributed by atoms with E-state index in [4.69, 9.17) is 17.3 Å². The predicted molar refractivity (Wildman–Crippen MR) is 70.5 cm³/mol. The van der Waals surface area contributed by atoms with E-state index in [0.29, 0.717) is 17.4 Å². The molecule has 106 valence electrons. The number of rotatable bonds is 2. The standard InChI is InChI=1S/C13H9ClF4N2/c14-10-5-7(19)1-4-12(10)20-8-2-3-11(15)9(6-8)13(16,17)18/h1-6,20H,19H2. The first kappa shape index (κ1) is 14.5. The molecule has 3 N–H and O–H groups in total. The van der Waals surface area contributed by atoms with Crippen LogP contribution >= 0.6 is 11.6 Å². The molecule has 0 aliphatic carbocycles. The molecular weight excluding hydrogens is 296 g/mol. The Morgan fingerprint density at radius 1 is 1.05 bits per heavy atom. The maximum Gasteiger partial charge on any atom is 0.419 e. The molecule has 2 rings (SSSR count). The lowest BCUT2D eigenvalue weighted by Crippen LogP contribution is -2.08. The van der Waals surface area contributed by atoms with Gasteiger partial charge >= 0.3 is 6.18 Å². The van der Waals surface area contributed by atoms with Gasteiger partial charge in [0.05, 0.1) is 16.3 Å². The summed E-state index contributed by atoms with van der Waals surface area (Å²) in [6, 6.07) is 7.14. The summed E-state index contributed by atoms with van der Waals surface area (Å²) in [7, 11) is 0. The fourth-order valence-electron chi connectivity index (χ4n) is 1.61. The lowest BCUT2D eigenvalue weighted by Gasteiger charge is -2.12. The van der Waals surface area contributed by atoms with Gasteiger partial charge in [0.1, 0.15) is 5.82 Å². The molecule has 0 saturated heterocycles. The van der Waals surface area contributed by atoms with E-state index in [9.17, 15) is 17.6 Å². The van der Waals surface area contributed by atoms with Crippen LogP contribution in [0.5, 0.6) is 0 Å². The van der Waals surface area contributed by atoms with Crippen molar-refractivity contribution in [3.05, 3.63) is 52.8 Å². The molecule has 0 fully saturated rings. The number of nitrogens with one attached hydrogen (secondary N) is 1. The number of benzene rings is 2. The molecule has 0 aliphatic heterocycles. The Morgan fingerprint density at radius 3 is 2.35 bits per heavy atom. The molecule has 0 aromatic heterocycles. The Hall–Kier alpha value is -1.95. The van der Waals surface area contributed by atoms with Crippen molar-refractivity contribution in [2.24, 2.45) is 0 Å². The fourth-order valence-corrected chi connectivity index (χ4v) is 1.84. The summed E-state index contributed by atoms with van der Waals surface area (Å²) in [5.41, 5.74) is 5.05. The molecule has 0 unspecified atom stereocenters. The molecule has 0 heterocycles. The van der Waals surface area contributed by atoms with Crippen LogP contribution in [0.1, 0.15) is 5.56 Å². The maximum atomic E-state index is 13.1. The van der Waals surface area contributed by atoms with Gasteiger partial charge in [0.15, 0.2) is 0 Å². The quantitative estimate of drug-likeness (QED) is 0.616. The zero-order valence-corrected chi connectivity index (χ0v) is 10.7. The van der Waals surface area contributed by atoms with Gasteiger partial charge in [-0.15, -0.1) is 0 Å². The normalized spacial score (nSPS) is 11.4. The van der Waals surface area contributed by atoms with Gasteiger partial charge in [-0.05, 0) is 36.4 Å². The molecule has 2 aromatic carbocycles. The summed E-state index contributed by atoms with van der Waals surface area (Å²) < 4.78 is 50.9. The molecule has 20 heavy (non-hydrogen) atoms.